The molecular weight excluding hydrogens is 340 g/mol. The van der Waals surface area contributed by atoms with Crippen molar-refractivity contribution < 1.29 is 19.1 Å². The molecule has 0 aromatic rings. The molecule has 0 saturated heterocycles. The van der Waals surface area contributed by atoms with E-state index in [1.54, 1.807) is 0 Å². The van der Waals surface area contributed by atoms with E-state index in [2.05, 4.69) is 38.3 Å². The Balaban J connectivity index is -0.000000350. The topological polar surface area (TPSA) is 52.6 Å². The number of hydrogen-bond donors (Lipinski definition) is 0. The zero-order valence-electron chi connectivity index (χ0n) is 16.1. The maximum absolute atomic E-state index is 10.8. The Morgan fingerprint density at radius 1 is 0.960 bits per heavy atom. The number of ether oxygens (including phenoxy) is 2. The van der Waals surface area contributed by atoms with Gasteiger partial charge in [-0.25, -0.2) is 9.59 Å². The molecule has 0 fully saturated rings. The van der Waals surface area contributed by atoms with Crippen LogP contribution in [0.25, 0.3) is 0 Å². The average molecular weight is 375 g/mol. The summed E-state index contributed by atoms with van der Waals surface area (Å²) in [5.74, 6) is -0.123. The van der Waals surface area contributed by atoms with Gasteiger partial charge in [-0.15, -0.1) is 0 Å². The molecule has 0 aromatic carbocycles. The molecule has 4 nitrogen and oxygen atoms in total. The first-order chi connectivity index (χ1) is 12.0. The van der Waals surface area contributed by atoms with Crippen LogP contribution in [0.4, 0.5) is 0 Å². The van der Waals surface area contributed by atoms with E-state index in [1.807, 2.05) is 6.92 Å². The molecule has 0 amide bonds. The number of halogens is 1. The summed E-state index contributed by atoms with van der Waals surface area (Å²) in [6, 6.07) is 0. The average Bonchev–Trinajstić information content (AvgIpc) is 2.62. The highest BCUT2D eigenvalue weighted by Gasteiger charge is 2.07. The van der Waals surface area contributed by atoms with Gasteiger partial charge in [-0.05, 0) is 24.3 Å². The minimum Gasteiger partial charge on any atom is -0.463 e. The molecule has 0 radical (unpaired) electrons. The summed E-state index contributed by atoms with van der Waals surface area (Å²) < 4.78 is 9.66. The summed E-state index contributed by atoms with van der Waals surface area (Å²) >= 11 is 4.76. The molecule has 0 N–H and O–H groups in total. The highest BCUT2D eigenvalue weighted by Crippen LogP contribution is 2.12. The van der Waals surface area contributed by atoms with Gasteiger partial charge >= 0.3 is 11.9 Å². The lowest BCUT2D eigenvalue weighted by atomic mass is 10.0. The van der Waals surface area contributed by atoms with Crippen molar-refractivity contribution in [3.05, 3.63) is 37.4 Å². The van der Waals surface area contributed by atoms with Crippen molar-refractivity contribution >= 4 is 23.5 Å². The number of carbonyl (C=O) groups excluding carboxylic acids is 2. The SMILES string of the molecule is C=CC(=O)OCC(CC)CCCC.C=CC(=O)OCCCC.C=CCl. The predicted molar refractivity (Wildman–Crippen MR) is 107 cm³/mol. The second-order valence-corrected chi connectivity index (χ2v) is 5.44. The fourth-order valence-electron chi connectivity index (χ4n) is 1.53. The van der Waals surface area contributed by atoms with Crippen LogP contribution in [0.2, 0.25) is 0 Å². The van der Waals surface area contributed by atoms with Crippen LogP contribution in [0, 0.1) is 5.92 Å². The highest BCUT2D eigenvalue weighted by molar-refractivity contribution is 6.25. The van der Waals surface area contributed by atoms with Gasteiger partial charge in [-0.3, -0.25) is 0 Å². The lowest BCUT2D eigenvalue weighted by Gasteiger charge is -2.13. The van der Waals surface area contributed by atoms with Crippen LogP contribution in [0.3, 0.4) is 0 Å². The van der Waals surface area contributed by atoms with Crippen molar-refractivity contribution in [3.63, 3.8) is 0 Å². The third kappa shape index (κ3) is 27.6. The molecule has 0 spiro atoms. The molecule has 5 heteroatoms. The first-order valence-corrected chi connectivity index (χ1v) is 9.20. The molecule has 0 rings (SSSR count). The van der Waals surface area contributed by atoms with E-state index in [1.165, 1.54) is 30.5 Å². The van der Waals surface area contributed by atoms with Gasteiger partial charge in [0.1, 0.15) is 0 Å². The van der Waals surface area contributed by atoms with Crippen molar-refractivity contribution in [2.75, 3.05) is 13.2 Å². The van der Waals surface area contributed by atoms with E-state index in [4.69, 9.17) is 16.3 Å². The first-order valence-electron chi connectivity index (χ1n) is 8.76. The van der Waals surface area contributed by atoms with Crippen molar-refractivity contribution in [1.29, 1.82) is 0 Å². The Labute approximate surface area is 158 Å². The number of hydrogen-bond acceptors (Lipinski definition) is 4. The number of unbranched alkanes of at least 4 members (excludes halogenated alkanes) is 2. The molecular formula is C20H35ClO4. The van der Waals surface area contributed by atoms with Crippen LogP contribution in [0.1, 0.15) is 59.3 Å². The molecule has 1 atom stereocenters. The Bertz CT molecular complexity index is 354. The highest BCUT2D eigenvalue weighted by atomic mass is 35.5. The van der Waals surface area contributed by atoms with Crippen LogP contribution in [0.15, 0.2) is 37.4 Å². The summed E-state index contributed by atoms with van der Waals surface area (Å²) in [6.07, 6.45) is 9.00. The summed E-state index contributed by atoms with van der Waals surface area (Å²) in [4.78, 5) is 21.1. The lowest BCUT2D eigenvalue weighted by Crippen LogP contribution is -2.12. The summed E-state index contributed by atoms with van der Waals surface area (Å²) in [6.45, 7) is 17.1. The minimum absolute atomic E-state index is 0.310. The normalized spacial score (nSPS) is 9.92. The van der Waals surface area contributed by atoms with Crippen LogP contribution in [-0.2, 0) is 19.1 Å². The van der Waals surface area contributed by atoms with E-state index in [9.17, 15) is 9.59 Å². The van der Waals surface area contributed by atoms with Gasteiger partial charge in [0.05, 0.1) is 13.2 Å². The molecule has 1 unspecified atom stereocenters. The van der Waals surface area contributed by atoms with Crippen molar-refractivity contribution in [1.82, 2.24) is 0 Å². The Morgan fingerprint density at radius 3 is 1.84 bits per heavy atom. The quantitative estimate of drug-likeness (QED) is 0.260. The van der Waals surface area contributed by atoms with Crippen molar-refractivity contribution in [2.45, 2.75) is 59.3 Å². The van der Waals surface area contributed by atoms with Crippen molar-refractivity contribution in [2.24, 2.45) is 5.92 Å². The van der Waals surface area contributed by atoms with E-state index in [0.717, 1.165) is 25.7 Å². The predicted octanol–water partition coefficient (Wildman–Crippen LogP) is 5.82. The minimum atomic E-state index is -0.330. The Kier molecular flexibility index (Phi) is 27.9. The van der Waals surface area contributed by atoms with Gasteiger partial charge < -0.3 is 9.47 Å². The molecule has 25 heavy (non-hydrogen) atoms. The summed E-state index contributed by atoms with van der Waals surface area (Å²) in [7, 11) is 0. The Morgan fingerprint density at radius 2 is 1.44 bits per heavy atom. The van der Waals surface area contributed by atoms with E-state index in [-0.39, 0.29) is 11.9 Å². The van der Waals surface area contributed by atoms with Gasteiger partial charge in [0, 0.05) is 12.2 Å². The third-order valence-corrected chi connectivity index (χ3v) is 3.08. The monoisotopic (exact) mass is 374 g/mol. The van der Waals surface area contributed by atoms with Gasteiger partial charge in [0.25, 0.3) is 0 Å². The zero-order valence-corrected chi connectivity index (χ0v) is 16.9. The van der Waals surface area contributed by atoms with E-state index >= 15 is 0 Å². The standard InChI is InChI=1S/C11H20O2.C7H12O2.C2H3Cl/c1-4-7-8-10(5-2)9-13-11(12)6-3;1-3-5-6-9-7(8)4-2;1-2-3/h6,10H,3-5,7-9H2,1-2H3;4H,2-3,5-6H2,1H3;2H,1H2. The molecule has 0 aromatic heterocycles. The second kappa shape index (κ2) is 24.7. The zero-order chi connectivity index (χ0) is 19.9. The molecule has 0 saturated carbocycles. The summed E-state index contributed by atoms with van der Waals surface area (Å²) in [5, 5.41) is 0. The lowest BCUT2D eigenvalue weighted by molar-refractivity contribution is -0.139. The number of esters is 2. The van der Waals surface area contributed by atoms with Gasteiger partial charge in [0.15, 0.2) is 0 Å². The molecule has 0 aliphatic heterocycles. The number of rotatable bonds is 11. The van der Waals surface area contributed by atoms with Crippen molar-refractivity contribution in [3.8, 4) is 0 Å². The fourth-order valence-corrected chi connectivity index (χ4v) is 1.53. The van der Waals surface area contributed by atoms with E-state index in [0.29, 0.717) is 19.1 Å². The van der Waals surface area contributed by atoms with Crippen LogP contribution in [0.5, 0.6) is 0 Å². The number of carbonyl (C=O) groups is 2. The largest absolute Gasteiger partial charge is 0.463 e. The van der Waals surface area contributed by atoms with Gasteiger partial charge in [0.2, 0.25) is 0 Å². The smallest absolute Gasteiger partial charge is 0.330 e. The molecule has 0 heterocycles. The first kappa shape index (κ1) is 28.3. The van der Waals surface area contributed by atoms with E-state index < -0.39 is 0 Å². The molecule has 0 aliphatic carbocycles. The van der Waals surface area contributed by atoms with Crippen LogP contribution < -0.4 is 0 Å². The maximum atomic E-state index is 10.8. The summed E-state index contributed by atoms with van der Waals surface area (Å²) in [5.41, 5.74) is 1.22. The molecule has 0 aliphatic rings. The van der Waals surface area contributed by atoms with Gasteiger partial charge in [-0.1, -0.05) is 77.8 Å². The third-order valence-electron chi connectivity index (χ3n) is 3.08. The molecule has 0 bridgehead atoms. The van der Waals surface area contributed by atoms with Crippen LogP contribution >= 0.6 is 11.6 Å². The Hall–Kier alpha value is -1.55. The van der Waals surface area contributed by atoms with Crippen LogP contribution in [-0.4, -0.2) is 25.2 Å². The molecule has 146 valence electrons. The fraction of sp³-hybridized carbons (Fsp3) is 0.600. The maximum Gasteiger partial charge on any atom is 0.330 e. The van der Waals surface area contributed by atoms with Gasteiger partial charge in [-0.2, -0.15) is 0 Å². The second-order valence-electron chi connectivity index (χ2n) is 5.13.